The highest BCUT2D eigenvalue weighted by atomic mass is 16.5. The molecule has 1 aromatic rings. The fourth-order valence-electron chi connectivity index (χ4n) is 2.88. The van der Waals surface area contributed by atoms with Crippen LogP contribution < -0.4 is 4.74 Å². The molecule has 0 aromatic heterocycles. The molecule has 0 aliphatic heterocycles. The molecule has 0 aliphatic carbocycles. The number of carbonyl (C=O) groups excluding carboxylic acids is 2. The lowest BCUT2D eigenvalue weighted by Gasteiger charge is -2.06. The molecule has 0 radical (unpaired) electrons. The fourth-order valence-corrected chi connectivity index (χ4v) is 2.88. The van der Waals surface area contributed by atoms with Crippen molar-refractivity contribution in [2.75, 3.05) is 6.61 Å². The maximum Gasteiger partial charge on any atom is 0.311 e. The van der Waals surface area contributed by atoms with Crippen molar-refractivity contribution in [2.24, 2.45) is 0 Å². The molecule has 0 bridgehead atoms. The van der Waals surface area contributed by atoms with E-state index in [1.807, 2.05) is 18.2 Å². The molecule has 0 N–H and O–H groups in total. The molecule has 1 rings (SSSR count). The number of aryl methyl sites for hydroxylation is 1. The SMILES string of the molecule is CCCCCCCCCCOC(=O)CCCC(=O)Oc1cccc(CC)c1. The summed E-state index contributed by atoms with van der Waals surface area (Å²) in [5, 5.41) is 0. The first-order valence-electron chi connectivity index (χ1n) is 10.6. The van der Waals surface area contributed by atoms with Gasteiger partial charge in [0.1, 0.15) is 5.75 Å². The lowest BCUT2D eigenvalue weighted by Crippen LogP contribution is -2.10. The lowest BCUT2D eigenvalue weighted by atomic mass is 10.1. The van der Waals surface area contributed by atoms with Crippen molar-refractivity contribution in [3.63, 3.8) is 0 Å². The number of carbonyl (C=O) groups is 2. The summed E-state index contributed by atoms with van der Waals surface area (Å²) in [5.74, 6) is 0.0365. The third kappa shape index (κ3) is 12.2. The predicted molar refractivity (Wildman–Crippen MR) is 109 cm³/mol. The van der Waals surface area contributed by atoms with E-state index < -0.39 is 0 Å². The van der Waals surface area contributed by atoms with E-state index >= 15 is 0 Å². The van der Waals surface area contributed by atoms with Gasteiger partial charge in [0, 0.05) is 12.8 Å². The fraction of sp³-hybridized carbons (Fsp3) is 0.652. The predicted octanol–water partition coefficient (Wildman–Crippen LogP) is 6.01. The van der Waals surface area contributed by atoms with Crippen LogP contribution in [-0.4, -0.2) is 18.5 Å². The Morgan fingerprint density at radius 3 is 2.19 bits per heavy atom. The van der Waals surface area contributed by atoms with Crippen molar-refractivity contribution in [2.45, 2.75) is 90.9 Å². The maximum atomic E-state index is 11.8. The Bertz CT molecular complexity index is 539. The average Bonchev–Trinajstić information content (AvgIpc) is 2.66. The van der Waals surface area contributed by atoms with Crippen LogP contribution in [-0.2, 0) is 20.7 Å². The second-order valence-corrected chi connectivity index (χ2v) is 7.02. The minimum Gasteiger partial charge on any atom is -0.466 e. The minimum atomic E-state index is -0.306. The molecule has 4 nitrogen and oxygen atoms in total. The Kier molecular flexibility index (Phi) is 13.1. The van der Waals surface area contributed by atoms with Crippen LogP contribution in [0.3, 0.4) is 0 Å². The molecule has 0 amide bonds. The van der Waals surface area contributed by atoms with Crippen molar-refractivity contribution in [3.05, 3.63) is 29.8 Å². The van der Waals surface area contributed by atoms with Crippen molar-refractivity contribution >= 4 is 11.9 Å². The third-order valence-corrected chi connectivity index (χ3v) is 4.56. The van der Waals surface area contributed by atoms with Crippen molar-refractivity contribution in [3.8, 4) is 5.75 Å². The number of esters is 2. The highest BCUT2D eigenvalue weighted by Crippen LogP contribution is 2.15. The summed E-state index contributed by atoms with van der Waals surface area (Å²) in [6.45, 7) is 4.77. The van der Waals surface area contributed by atoms with Crippen molar-refractivity contribution < 1.29 is 19.1 Å². The van der Waals surface area contributed by atoms with Crippen LogP contribution in [0.1, 0.15) is 90.0 Å². The number of hydrogen-bond donors (Lipinski definition) is 0. The van der Waals surface area contributed by atoms with Gasteiger partial charge >= 0.3 is 11.9 Å². The molecule has 0 spiro atoms. The zero-order chi connectivity index (χ0) is 19.7. The van der Waals surface area contributed by atoms with Crippen LogP contribution >= 0.6 is 0 Å². The third-order valence-electron chi connectivity index (χ3n) is 4.56. The largest absolute Gasteiger partial charge is 0.466 e. The van der Waals surface area contributed by atoms with Gasteiger partial charge in [0.15, 0.2) is 0 Å². The van der Waals surface area contributed by atoms with Gasteiger partial charge in [-0.15, -0.1) is 0 Å². The molecular formula is C23H36O4. The number of benzene rings is 1. The van der Waals surface area contributed by atoms with E-state index in [1.54, 1.807) is 6.07 Å². The van der Waals surface area contributed by atoms with Crippen LogP contribution in [0.15, 0.2) is 24.3 Å². The molecule has 4 heteroatoms. The summed E-state index contributed by atoms with van der Waals surface area (Å²) < 4.78 is 10.5. The topological polar surface area (TPSA) is 52.6 Å². The second-order valence-electron chi connectivity index (χ2n) is 7.02. The van der Waals surface area contributed by atoms with E-state index in [0.29, 0.717) is 18.8 Å². The molecule has 0 saturated heterocycles. The summed E-state index contributed by atoms with van der Waals surface area (Å²) in [6.07, 6.45) is 11.6. The van der Waals surface area contributed by atoms with E-state index in [2.05, 4.69) is 13.8 Å². The Balaban J connectivity index is 2.00. The van der Waals surface area contributed by atoms with Gasteiger partial charge in [0.05, 0.1) is 6.61 Å². The molecule has 0 heterocycles. The first kappa shape index (κ1) is 23.2. The van der Waals surface area contributed by atoms with Gasteiger partial charge in [-0.3, -0.25) is 9.59 Å². The first-order valence-corrected chi connectivity index (χ1v) is 10.6. The maximum absolute atomic E-state index is 11.8. The van der Waals surface area contributed by atoms with E-state index in [0.717, 1.165) is 24.8 Å². The highest BCUT2D eigenvalue weighted by molar-refractivity contribution is 5.74. The van der Waals surface area contributed by atoms with Crippen molar-refractivity contribution in [1.29, 1.82) is 0 Å². The Labute approximate surface area is 164 Å². The van der Waals surface area contributed by atoms with Gasteiger partial charge < -0.3 is 9.47 Å². The highest BCUT2D eigenvalue weighted by Gasteiger charge is 2.08. The Hall–Kier alpha value is -1.84. The molecule has 1 aromatic carbocycles. The molecule has 27 heavy (non-hydrogen) atoms. The second kappa shape index (κ2) is 15.2. The zero-order valence-corrected chi connectivity index (χ0v) is 17.1. The normalized spacial score (nSPS) is 10.6. The summed E-state index contributed by atoms with van der Waals surface area (Å²) in [4.78, 5) is 23.5. The van der Waals surface area contributed by atoms with Crippen LogP contribution in [0.2, 0.25) is 0 Å². The summed E-state index contributed by atoms with van der Waals surface area (Å²) >= 11 is 0. The quantitative estimate of drug-likeness (QED) is 0.214. The first-order chi connectivity index (χ1) is 13.2. The molecule has 0 saturated carbocycles. The monoisotopic (exact) mass is 376 g/mol. The molecule has 0 unspecified atom stereocenters. The van der Waals surface area contributed by atoms with Crippen LogP contribution in [0.25, 0.3) is 0 Å². The van der Waals surface area contributed by atoms with Gasteiger partial charge in [-0.2, -0.15) is 0 Å². The van der Waals surface area contributed by atoms with Crippen LogP contribution in [0, 0.1) is 0 Å². The van der Waals surface area contributed by atoms with Gasteiger partial charge in [-0.1, -0.05) is 70.9 Å². The number of rotatable bonds is 15. The molecule has 0 atom stereocenters. The summed E-state index contributed by atoms with van der Waals surface area (Å²) in [7, 11) is 0. The van der Waals surface area contributed by atoms with Gasteiger partial charge in [-0.25, -0.2) is 0 Å². The van der Waals surface area contributed by atoms with Crippen molar-refractivity contribution in [1.82, 2.24) is 0 Å². The lowest BCUT2D eigenvalue weighted by molar-refractivity contribution is -0.144. The Morgan fingerprint density at radius 1 is 0.815 bits per heavy atom. The van der Waals surface area contributed by atoms with E-state index in [1.165, 1.54) is 38.5 Å². The van der Waals surface area contributed by atoms with Gasteiger partial charge in [0.2, 0.25) is 0 Å². The minimum absolute atomic E-state index is 0.223. The smallest absolute Gasteiger partial charge is 0.311 e. The van der Waals surface area contributed by atoms with Gasteiger partial charge in [-0.05, 0) is 37.0 Å². The molecular weight excluding hydrogens is 340 g/mol. The molecule has 0 fully saturated rings. The number of hydrogen-bond acceptors (Lipinski definition) is 4. The van der Waals surface area contributed by atoms with Gasteiger partial charge in [0.25, 0.3) is 0 Å². The van der Waals surface area contributed by atoms with E-state index in [9.17, 15) is 9.59 Å². The van der Waals surface area contributed by atoms with Crippen LogP contribution in [0.4, 0.5) is 0 Å². The molecule has 0 aliphatic rings. The summed E-state index contributed by atoms with van der Waals surface area (Å²) in [6, 6.07) is 7.52. The average molecular weight is 377 g/mol. The van der Waals surface area contributed by atoms with E-state index in [-0.39, 0.29) is 24.8 Å². The zero-order valence-electron chi connectivity index (χ0n) is 17.1. The summed E-state index contributed by atoms with van der Waals surface area (Å²) in [5.41, 5.74) is 1.13. The number of ether oxygens (including phenoxy) is 2. The van der Waals surface area contributed by atoms with E-state index in [4.69, 9.17) is 9.47 Å². The Morgan fingerprint density at radius 2 is 1.48 bits per heavy atom. The standard InChI is InChI=1S/C23H36O4/c1-3-5-6-7-8-9-10-11-18-26-22(24)16-13-17-23(25)27-21-15-12-14-20(4-2)19-21/h12,14-15,19H,3-11,13,16-18H2,1-2H3. The molecule has 152 valence electrons. The number of unbranched alkanes of at least 4 members (excludes halogenated alkanes) is 7. The van der Waals surface area contributed by atoms with Crippen LogP contribution in [0.5, 0.6) is 5.75 Å².